The zero-order valence-corrected chi connectivity index (χ0v) is 11.4. The Morgan fingerprint density at radius 3 is 2.89 bits per heavy atom. The molecule has 5 nitrogen and oxygen atoms in total. The molecule has 2 aromatic rings. The Bertz CT molecular complexity index is 489. The lowest BCUT2D eigenvalue weighted by Crippen LogP contribution is -2.32. The van der Waals surface area contributed by atoms with Crippen LogP contribution in [0.25, 0.3) is 0 Å². The molecular formula is C11H14ClN5S. The molecule has 1 aliphatic rings. The van der Waals surface area contributed by atoms with Gasteiger partial charge >= 0.3 is 0 Å². The van der Waals surface area contributed by atoms with Gasteiger partial charge in [-0.25, -0.2) is 0 Å². The molecule has 1 N–H and O–H groups in total. The van der Waals surface area contributed by atoms with Crippen molar-refractivity contribution in [3.05, 3.63) is 28.0 Å². The Hall–Kier alpha value is -0.980. The van der Waals surface area contributed by atoms with Crippen LogP contribution in [0.3, 0.4) is 0 Å². The average molecular weight is 284 g/mol. The van der Waals surface area contributed by atoms with E-state index in [-0.39, 0.29) is 0 Å². The predicted molar refractivity (Wildman–Crippen MR) is 70.8 cm³/mol. The molecule has 2 aromatic heterocycles. The maximum atomic E-state index is 6.02. The molecular weight excluding hydrogens is 270 g/mol. The second-order valence-corrected chi connectivity index (χ2v) is 5.93. The van der Waals surface area contributed by atoms with Crippen molar-refractivity contribution >= 4 is 23.1 Å². The Labute approximate surface area is 114 Å². The first-order valence-corrected chi connectivity index (χ1v) is 7.16. The van der Waals surface area contributed by atoms with E-state index in [2.05, 4.69) is 24.7 Å². The molecule has 3 rings (SSSR count). The lowest BCUT2D eigenvalue weighted by atomic mass is 9.91. The fourth-order valence-corrected chi connectivity index (χ4v) is 3.02. The summed E-state index contributed by atoms with van der Waals surface area (Å²) in [6.07, 6.45) is 6.26. The molecule has 0 aromatic carbocycles. The maximum Gasteiger partial charge on any atom is 0.138 e. The summed E-state index contributed by atoms with van der Waals surface area (Å²) in [7, 11) is 0. The first-order chi connectivity index (χ1) is 8.83. The van der Waals surface area contributed by atoms with E-state index in [4.69, 9.17) is 11.6 Å². The minimum Gasteiger partial charge on any atom is -0.297 e. The number of halogens is 1. The summed E-state index contributed by atoms with van der Waals surface area (Å²) in [5, 5.41) is 11.0. The van der Waals surface area contributed by atoms with Crippen LogP contribution in [-0.4, -0.2) is 37.8 Å². The topological polar surface area (TPSA) is 57.7 Å². The van der Waals surface area contributed by atoms with Gasteiger partial charge in [-0.1, -0.05) is 16.1 Å². The molecule has 1 saturated heterocycles. The van der Waals surface area contributed by atoms with Crippen molar-refractivity contribution in [3.8, 4) is 0 Å². The number of rotatable bonds is 3. The lowest BCUT2D eigenvalue weighted by Gasteiger charge is -2.30. The fraction of sp³-hybridized carbons (Fsp3) is 0.545. The largest absolute Gasteiger partial charge is 0.297 e. The summed E-state index contributed by atoms with van der Waals surface area (Å²) < 4.78 is 4.58. The van der Waals surface area contributed by atoms with Crippen LogP contribution < -0.4 is 0 Å². The highest BCUT2D eigenvalue weighted by Crippen LogP contribution is 2.28. The van der Waals surface area contributed by atoms with Gasteiger partial charge in [-0.05, 0) is 37.4 Å². The fourth-order valence-electron chi connectivity index (χ4n) is 2.41. The number of likely N-dealkylation sites (tertiary alicyclic amines) is 1. The standard InChI is InChI=1S/C11H14ClN5S/c12-11-10(15-16-18-11)7-17-3-1-8(2-4-17)9-5-13-14-6-9/h5-6,8H,1-4,7H2,(H,13,14). The zero-order chi connectivity index (χ0) is 12.4. The third-order valence-corrected chi connectivity index (χ3v) is 4.45. The number of hydrogen-bond acceptors (Lipinski definition) is 5. The van der Waals surface area contributed by atoms with Crippen LogP contribution in [0.4, 0.5) is 0 Å². The van der Waals surface area contributed by atoms with Gasteiger partial charge in [0.2, 0.25) is 0 Å². The molecule has 0 aliphatic carbocycles. The maximum absolute atomic E-state index is 6.02. The van der Waals surface area contributed by atoms with Gasteiger partial charge in [0.15, 0.2) is 0 Å². The molecule has 0 atom stereocenters. The molecule has 7 heteroatoms. The second-order valence-electron chi connectivity index (χ2n) is 4.58. The third-order valence-electron chi connectivity index (χ3n) is 3.46. The van der Waals surface area contributed by atoms with Gasteiger partial charge in [-0.2, -0.15) is 5.10 Å². The van der Waals surface area contributed by atoms with Gasteiger partial charge in [0.1, 0.15) is 10.0 Å². The summed E-state index contributed by atoms with van der Waals surface area (Å²) in [4.78, 5) is 2.39. The van der Waals surface area contributed by atoms with E-state index >= 15 is 0 Å². The number of hydrogen-bond donors (Lipinski definition) is 1. The monoisotopic (exact) mass is 283 g/mol. The number of nitrogens with one attached hydrogen (secondary N) is 1. The summed E-state index contributed by atoms with van der Waals surface area (Å²) >= 11 is 7.28. The predicted octanol–water partition coefficient (Wildman–Crippen LogP) is 2.29. The van der Waals surface area contributed by atoms with Crippen LogP contribution in [0.2, 0.25) is 4.34 Å². The molecule has 0 saturated carbocycles. The Morgan fingerprint density at radius 2 is 2.28 bits per heavy atom. The van der Waals surface area contributed by atoms with Crippen LogP contribution in [0, 0.1) is 0 Å². The van der Waals surface area contributed by atoms with E-state index in [1.807, 2.05) is 12.4 Å². The van der Waals surface area contributed by atoms with Crippen LogP contribution in [0.1, 0.15) is 30.0 Å². The van der Waals surface area contributed by atoms with Gasteiger partial charge in [0, 0.05) is 24.3 Å². The third kappa shape index (κ3) is 2.55. The van der Waals surface area contributed by atoms with Crippen molar-refractivity contribution in [2.45, 2.75) is 25.3 Å². The smallest absolute Gasteiger partial charge is 0.138 e. The molecule has 3 heterocycles. The second kappa shape index (κ2) is 5.34. The van der Waals surface area contributed by atoms with Gasteiger partial charge in [-0.3, -0.25) is 10.00 Å². The number of aromatic nitrogens is 4. The Kier molecular flexibility index (Phi) is 3.58. The van der Waals surface area contributed by atoms with E-state index in [9.17, 15) is 0 Å². The van der Waals surface area contributed by atoms with Crippen LogP contribution in [-0.2, 0) is 6.54 Å². The van der Waals surface area contributed by atoms with E-state index in [1.54, 1.807) is 0 Å². The zero-order valence-electron chi connectivity index (χ0n) is 9.84. The van der Waals surface area contributed by atoms with E-state index < -0.39 is 0 Å². The first kappa shape index (κ1) is 12.1. The van der Waals surface area contributed by atoms with Crippen molar-refractivity contribution in [3.63, 3.8) is 0 Å². The van der Waals surface area contributed by atoms with Crippen molar-refractivity contribution in [1.29, 1.82) is 0 Å². The van der Waals surface area contributed by atoms with Gasteiger partial charge in [0.05, 0.1) is 6.20 Å². The Balaban J connectivity index is 1.56. The molecule has 96 valence electrons. The number of piperidine rings is 1. The van der Waals surface area contributed by atoms with Crippen molar-refractivity contribution in [1.82, 2.24) is 24.7 Å². The minimum atomic E-state index is 0.629. The summed E-state index contributed by atoms with van der Waals surface area (Å²) in [6, 6.07) is 0. The Morgan fingerprint density at radius 1 is 1.44 bits per heavy atom. The molecule has 0 bridgehead atoms. The van der Waals surface area contributed by atoms with Gasteiger partial charge in [0.25, 0.3) is 0 Å². The van der Waals surface area contributed by atoms with Crippen molar-refractivity contribution in [2.24, 2.45) is 0 Å². The van der Waals surface area contributed by atoms with Crippen molar-refractivity contribution < 1.29 is 0 Å². The molecule has 1 aliphatic heterocycles. The van der Waals surface area contributed by atoms with Crippen LogP contribution >= 0.6 is 23.1 Å². The number of nitrogens with zero attached hydrogens (tertiary/aromatic N) is 4. The highest BCUT2D eigenvalue weighted by Gasteiger charge is 2.22. The van der Waals surface area contributed by atoms with Crippen molar-refractivity contribution in [2.75, 3.05) is 13.1 Å². The lowest BCUT2D eigenvalue weighted by molar-refractivity contribution is 0.202. The van der Waals surface area contributed by atoms with E-state index in [0.717, 1.165) is 38.2 Å². The van der Waals surface area contributed by atoms with Gasteiger partial charge in [-0.15, -0.1) is 5.10 Å². The van der Waals surface area contributed by atoms with E-state index in [0.29, 0.717) is 10.3 Å². The number of H-pyrrole nitrogens is 1. The van der Waals surface area contributed by atoms with Crippen LogP contribution in [0.15, 0.2) is 12.4 Å². The summed E-state index contributed by atoms with van der Waals surface area (Å²) in [5.41, 5.74) is 2.23. The minimum absolute atomic E-state index is 0.629. The first-order valence-electron chi connectivity index (χ1n) is 6.00. The van der Waals surface area contributed by atoms with Gasteiger partial charge < -0.3 is 0 Å². The molecule has 0 radical (unpaired) electrons. The average Bonchev–Trinajstić information content (AvgIpc) is 3.03. The molecule has 0 amide bonds. The SMILES string of the molecule is Clc1snnc1CN1CCC(c2cn[nH]c2)CC1. The quantitative estimate of drug-likeness (QED) is 0.939. The number of aromatic amines is 1. The molecule has 0 unspecified atom stereocenters. The van der Waals surface area contributed by atoms with Crippen LogP contribution in [0.5, 0.6) is 0 Å². The summed E-state index contributed by atoms with van der Waals surface area (Å²) in [5.74, 6) is 0.629. The summed E-state index contributed by atoms with van der Waals surface area (Å²) in [6.45, 7) is 2.96. The normalized spacial score (nSPS) is 18.3. The highest BCUT2D eigenvalue weighted by atomic mass is 35.5. The highest BCUT2D eigenvalue weighted by molar-refractivity contribution is 7.10. The molecule has 0 spiro atoms. The molecule has 18 heavy (non-hydrogen) atoms. The van der Waals surface area contributed by atoms with E-state index in [1.165, 1.54) is 17.1 Å². The molecule has 1 fully saturated rings.